The van der Waals surface area contributed by atoms with Crippen LogP contribution in [0, 0.1) is 0 Å². The first-order valence-electron chi connectivity index (χ1n) is 15.0. The van der Waals surface area contributed by atoms with Gasteiger partial charge >= 0.3 is 0 Å². The highest BCUT2D eigenvalue weighted by atomic mass is 16.5. The predicted molar refractivity (Wildman–Crippen MR) is 150 cm³/mol. The van der Waals surface area contributed by atoms with Crippen LogP contribution in [-0.4, -0.2) is 69.9 Å². The summed E-state index contributed by atoms with van der Waals surface area (Å²) in [4.78, 5) is 68.2. The number of nitrogens with one attached hydrogen (secondary N) is 4. The Morgan fingerprint density at radius 1 is 0.902 bits per heavy atom. The van der Waals surface area contributed by atoms with E-state index >= 15 is 0 Å². The van der Waals surface area contributed by atoms with Gasteiger partial charge in [0, 0.05) is 19.4 Å². The predicted octanol–water partition coefficient (Wildman–Crippen LogP) is 1.87. The number of amides is 5. The Bertz CT molecular complexity index is 1090. The van der Waals surface area contributed by atoms with E-state index in [0.717, 1.165) is 31.2 Å². The number of hydroxylamine groups is 1. The van der Waals surface area contributed by atoms with Gasteiger partial charge in [-0.15, -0.1) is 0 Å². The van der Waals surface area contributed by atoms with Crippen molar-refractivity contribution in [3.8, 4) is 0 Å². The van der Waals surface area contributed by atoms with Gasteiger partial charge in [-0.25, -0.2) is 5.48 Å². The molecule has 4 rings (SSSR count). The first-order chi connectivity index (χ1) is 19.8. The van der Waals surface area contributed by atoms with Crippen molar-refractivity contribution in [1.29, 1.82) is 0 Å². The van der Waals surface area contributed by atoms with Crippen LogP contribution in [0.1, 0.15) is 89.0 Å². The topological polar surface area (TPSA) is 157 Å². The number of carbonyl (C=O) groups excluding carboxylic acids is 5. The average molecular weight is 570 g/mol. The third-order valence-corrected chi connectivity index (χ3v) is 8.63. The van der Waals surface area contributed by atoms with Crippen LogP contribution in [0.2, 0.25) is 0 Å². The molecule has 5 N–H and O–H groups in total. The lowest BCUT2D eigenvalue weighted by molar-refractivity contribution is -0.145. The van der Waals surface area contributed by atoms with Gasteiger partial charge in [-0.2, -0.15) is 0 Å². The summed E-state index contributed by atoms with van der Waals surface area (Å²) in [6, 6.07) is 7.04. The van der Waals surface area contributed by atoms with E-state index in [2.05, 4.69) is 16.0 Å². The molecule has 3 aliphatic rings. The van der Waals surface area contributed by atoms with Crippen LogP contribution < -0.4 is 21.4 Å². The van der Waals surface area contributed by atoms with Crippen molar-refractivity contribution >= 4 is 29.5 Å². The fraction of sp³-hybridized carbons (Fsp3) is 0.633. The summed E-state index contributed by atoms with van der Waals surface area (Å²) < 4.78 is 0. The molecule has 2 saturated heterocycles. The summed E-state index contributed by atoms with van der Waals surface area (Å²) in [5.74, 6) is -1.87. The normalized spacial score (nSPS) is 25.2. The molecule has 0 radical (unpaired) electrons. The van der Waals surface area contributed by atoms with Crippen molar-refractivity contribution in [3.05, 3.63) is 35.9 Å². The largest absolute Gasteiger partial charge is 0.343 e. The summed E-state index contributed by atoms with van der Waals surface area (Å²) in [5, 5.41) is 17.7. The Hall–Kier alpha value is -3.47. The summed E-state index contributed by atoms with van der Waals surface area (Å²) in [6.07, 6.45) is 7.97. The zero-order chi connectivity index (χ0) is 29.2. The zero-order valence-electron chi connectivity index (χ0n) is 23.7. The maximum atomic E-state index is 14.1. The fourth-order valence-electron chi connectivity index (χ4n) is 6.32. The van der Waals surface area contributed by atoms with Crippen molar-refractivity contribution in [3.63, 3.8) is 0 Å². The van der Waals surface area contributed by atoms with Crippen LogP contribution in [0.25, 0.3) is 0 Å². The SMILES string of the molecule is O=C(CCCCC[C@@H]1NC(=O)[C@H]2CCCN2C(=O)[C@H](Cc2ccccc2)NC(=O)C2(CCCCCC2)NC1=O)NO. The number of carbonyl (C=O) groups is 5. The third kappa shape index (κ3) is 7.84. The van der Waals surface area contributed by atoms with E-state index in [1.54, 1.807) is 10.4 Å². The van der Waals surface area contributed by atoms with Gasteiger partial charge in [0.25, 0.3) is 0 Å². The molecule has 11 heteroatoms. The van der Waals surface area contributed by atoms with Crippen LogP contribution in [0.3, 0.4) is 0 Å². The number of fused-ring (bicyclic) bond motifs is 1. The average Bonchev–Trinajstić information content (AvgIpc) is 3.35. The molecule has 224 valence electrons. The minimum absolute atomic E-state index is 0.159. The Balaban J connectivity index is 1.61. The monoisotopic (exact) mass is 569 g/mol. The summed E-state index contributed by atoms with van der Waals surface area (Å²) in [7, 11) is 0. The molecule has 3 fully saturated rings. The van der Waals surface area contributed by atoms with Gasteiger partial charge in [0.1, 0.15) is 23.7 Å². The van der Waals surface area contributed by atoms with Crippen molar-refractivity contribution in [2.45, 2.75) is 114 Å². The van der Waals surface area contributed by atoms with E-state index in [1.165, 1.54) is 0 Å². The second-order valence-electron chi connectivity index (χ2n) is 11.6. The first-order valence-corrected chi connectivity index (χ1v) is 15.0. The number of nitrogens with zero attached hydrogens (tertiary/aromatic N) is 1. The van der Waals surface area contributed by atoms with Crippen molar-refractivity contribution in [2.75, 3.05) is 6.54 Å². The molecule has 1 aliphatic carbocycles. The highest BCUT2D eigenvalue weighted by Crippen LogP contribution is 2.29. The lowest BCUT2D eigenvalue weighted by Crippen LogP contribution is -2.66. The molecular weight excluding hydrogens is 526 g/mol. The fourth-order valence-corrected chi connectivity index (χ4v) is 6.32. The maximum absolute atomic E-state index is 14.1. The van der Waals surface area contributed by atoms with Gasteiger partial charge in [0.2, 0.25) is 29.5 Å². The van der Waals surface area contributed by atoms with E-state index in [0.29, 0.717) is 57.9 Å². The molecule has 41 heavy (non-hydrogen) atoms. The minimum atomic E-state index is -1.17. The van der Waals surface area contributed by atoms with Crippen molar-refractivity contribution < 1.29 is 29.2 Å². The Morgan fingerprint density at radius 2 is 1.63 bits per heavy atom. The number of benzene rings is 1. The van der Waals surface area contributed by atoms with Gasteiger partial charge in [-0.3, -0.25) is 29.2 Å². The van der Waals surface area contributed by atoms with E-state index in [-0.39, 0.29) is 30.6 Å². The van der Waals surface area contributed by atoms with Gasteiger partial charge in [0.05, 0.1) is 0 Å². The Kier molecular flexibility index (Phi) is 10.7. The zero-order valence-corrected chi connectivity index (χ0v) is 23.7. The molecule has 2 aliphatic heterocycles. The molecule has 0 bridgehead atoms. The van der Waals surface area contributed by atoms with Gasteiger partial charge in [-0.1, -0.05) is 68.9 Å². The van der Waals surface area contributed by atoms with Gasteiger partial charge < -0.3 is 20.9 Å². The number of rotatable bonds is 8. The minimum Gasteiger partial charge on any atom is -0.343 e. The van der Waals surface area contributed by atoms with Gasteiger partial charge in [-0.05, 0) is 44.1 Å². The standard InChI is InChI=1S/C30H43N5O6/c36-25(34-41)16-8-4-7-14-22-26(37)33-30(17-9-1-2-10-18-30)29(40)32-23(20-21-12-5-3-6-13-21)28(39)35-19-11-15-24(35)27(38)31-22/h3,5-6,12-13,22-24,41H,1-2,4,7-11,14-20H2,(H,31,38)(H,32,40)(H,33,37)(H,34,36)/t22-,23-,24+/m0/s1. The van der Waals surface area contributed by atoms with Crippen LogP contribution >= 0.6 is 0 Å². The first kappa shape index (κ1) is 30.5. The van der Waals surface area contributed by atoms with Crippen LogP contribution in [-0.2, 0) is 30.4 Å². The van der Waals surface area contributed by atoms with E-state index in [4.69, 9.17) is 5.21 Å². The molecule has 1 spiro atoms. The molecule has 2 heterocycles. The Morgan fingerprint density at radius 3 is 2.34 bits per heavy atom. The summed E-state index contributed by atoms with van der Waals surface area (Å²) in [5.41, 5.74) is 1.34. The summed E-state index contributed by atoms with van der Waals surface area (Å²) >= 11 is 0. The second kappa shape index (κ2) is 14.4. The van der Waals surface area contributed by atoms with Crippen LogP contribution in [0.4, 0.5) is 0 Å². The molecule has 11 nitrogen and oxygen atoms in total. The molecule has 5 amide bonds. The molecule has 0 unspecified atom stereocenters. The van der Waals surface area contributed by atoms with Crippen LogP contribution in [0.15, 0.2) is 30.3 Å². The smallest absolute Gasteiger partial charge is 0.246 e. The van der Waals surface area contributed by atoms with Crippen molar-refractivity contribution in [1.82, 2.24) is 26.3 Å². The van der Waals surface area contributed by atoms with E-state index < -0.39 is 35.5 Å². The van der Waals surface area contributed by atoms with Gasteiger partial charge in [0.15, 0.2) is 0 Å². The highest BCUT2D eigenvalue weighted by Gasteiger charge is 2.45. The molecule has 1 aromatic carbocycles. The van der Waals surface area contributed by atoms with Crippen molar-refractivity contribution in [2.24, 2.45) is 0 Å². The van der Waals surface area contributed by atoms with E-state index in [9.17, 15) is 24.0 Å². The maximum Gasteiger partial charge on any atom is 0.246 e. The number of hydrogen-bond donors (Lipinski definition) is 5. The third-order valence-electron chi connectivity index (χ3n) is 8.63. The number of unbranched alkanes of at least 4 members (excludes halogenated alkanes) is 2. The summed E-state index contributed by atoms with van der Waals surface area (Å²) in [6.45, 7) is 0.410. The molecule has 3 atom stereocenters. The molecular formula is C30H43N5O6. The second-order valence-corrected chi connectivity index (χ2v) is 11.6. The molecule has 1 aromatic rings. The lowest BCUT2D eigenvalue weighted by Gasteiger charge is -2.38. The molecule has 0 aromatic heterocycles. The quantitative estimate of drug-likeness (QED) is 0.183. The van der Waals surface area contributed by atoms with E-state index in [1.807, 2.05) is 30.3 Å². The molecule has 1 saturated carbocycles. The number of hydrogen-bond acceptors (Lipinski definition) is 6. The Labute approximate surface area is 241 Å². The highest BCUT2D eigenvalue weighted by molar-refractivity contribution is 5.99. The van der Waals surface area contributed by atoms with Crippen LogP contribution in [0.5, 0.6) is 0 Å². The lowest BCUT2D eigenvalue weighted by atomic mass is 9.87.